The summed E-state index contributed by atoms with van der Waals surface area (Å²) in [5, 5.41) is 2.71. The number of rotatable bonds is 4. The van der Waals surface area contributed by atoms with Gasteiger partial charge in [0.1, 0.15) is 12.4 Å². The third kappa shape index (κ3) is 3.33. The van der Waals surface area contributed by atoms with Crippen molar-refractivity contribution in [1.82, 2.24) is 23.7 Å². The number of aromatic nitrogens is 5. The van der Waals surface area contributed by atoms with Gasteiger partial charge in [-0.3, -0.25) is 18.7 Å². The van der Waals surface area contributed by atoms with Crippen LogP contribution < -0.4 is 16.6 Å². The highest BCUT2D eigenvalue weighted by Crippen LogP contribution is 2.19. The van der Waals surface area contributed by atoms with E-state index in [2.05, 4.69) is 15.3 Å². The van der Waals surface area contributed by atoms with Crippen molar-refractivity contribution in [3.63, 3.8) is 0 Å². The molecule has 9 nitrogen and oxygen atoms in total. The maximum Gasteiger partial charge on any atom is 0.332 e. The Hall–Kier alpha value is -4.01. The lowest BCUT2D eigenvalue weighted by molar-refractivity contribution is -0.116. The summed E-state index contributed by atoms with van der Waals surface area (Å²) in [6.07, 6.45) is 3.06. The predicted octanol–water partition coefficient (Wildman–Crippen LogP) is 1.38. The second-order valence-corrected chi connectivity index (χ2v) is 6.60. The molecule has 4 aromatic rings. The largest absolute Gasteiger partial charge is 0.332 e. The molecule has 3 aromatic heterocycles. The number of pyridine rings is 1. The van der Waals surface area contributed by atoms with E-state index in [0.29, 0.717) is 5.82 Å². The van der Waals surface area contributed by atoms with E-state index in [-0.39, 0.29) is 25.0 Å². The van der Waals surface area contributed by atoms with Crippen LogP contribution in [0, 0.1) is 0 Å². The van der Waals surface area contributed by atoms with E-state index >= 15 is 0 Å². The maximum absolute atomic E-state index is 12.4. The normalized spacial score (nSPS) is 11.0. The molecule has 0 aliphatic rings. The molecule has 29 heavy (non-hydrogen) atoms. The second-order valence-electron chi connectivity index (χ2n) is 6.60. The quantitative estimate of drug-likeness (QED) is 0.565. The van der Waals surface area contributed by atoms with Gasteiger partial charge in [-0.05, 0) is 17.7 Å². The van der Waals surface area contributed by atoms with E-state index in [0.717, 1.165) is 15.7 Å². The van der Waals surface area contributed by atoms with Crippen molar-refractivity contribution in [2.75, 3.05) is 5.32 Å². The van der Waals surface area contributed by atoms with Crippen LogP contribution in [0.5, 0.6) is 0 Å². The van der Waals surface area contributed by atoms with E-state index in [1.807, 2.05) is 36.4 Å². The minimum absolute atomic E-state index is 0. The molecule has 0 fully saturated rings. The maximum atomic E-state index is 12.4. The van der Waals surface area contributed by atoms with Crippen LogP contribution in [0.25, 0.3) is 22.3 Å². The van der Waals surface area contributed by atoms with Crippen molar-refractivity contribution >= 4 is 22.9 Å². The van der Waals surface area contributed by atoms with Crippen molar-refractivity contribution in [2.45, 2.75) is 6.54 Å². The number of anilines is 1. The van der Waals surface area contributed by atoms with Crippen LogP contribution in [0.1, 0.15) is 1.43 Å². The third-order valence-electron chi connectivity index (χ3n) is 4.67. The second kappa shape index (κ2) is 7.19. The zero-order valence-corrected chi connectivity index (χ0v) is 15.9. The summed E-state index contributed by atoms with van der Waals surface area (Å²) < 4.78 is 3.68. The molecule has 0 radical (unpaired) electrons. The Kier molecular flexibility index (Phi) is 4.55. The van der Waals surface area contributed by atoms with Crippen LogP contribution in [0.4, 0.5) is 5.82 Å². The molecule has 1 aromatic carbocycles. The van der Waals surface area contributed by atoms with Crippen LogP contribution in [-0.4, -0.2) is 29.6 Å². The molecular weight excluding hydrogens is 372 g/mol. The fourth-order valence-corrected chi connectivity index (χ4v) is 3.12. The molecule has 0 saturated carbocycles. The smallest absolute Gasteiger partial charge is 0.315 e. The molecular formula is C20H20N6O3. The molecule has 0 aliphatic heterocycles. The molecule has 0 bridgehead atoms. The number of aryl methyl sites for hydroxylation is 1. The number of hydrogen-bond acceptors (Lipinski definition) is 5. The van der Waals surface area contributed by atoms with Crippen LogP contribution in [0.2, 0.25) is 0 Å². The number of nitrogens with zero attached hydrogens (tertiary/aromatic N) is 5. The standard InChI is InChI=1S/C20H18N6O3.H2/c1-24-18-17(19(28)25(2)20(24)29)26(12-22-18)11-16(27)23-15-9-8-14(10-21-15)13-6-4-3-5-7-13;/h3-10,12H,11H2,1-2H3,(H,21,23,27);1H. The summed E-state index contributed by atoms with van der Waals surface area (Å²) in [6.45, 7) is -0.133. The SMILES string of the molecule is Cn1c(=O)c2c(ncn2CC(=O)Nc2ccc(-c3ccccc3)cn2)n(C)c1=O.[HH]. The number of carbonyl (C=O) groups is 1. The highest BCUT2D eigenvalue weighted by Gasteiger charge is 2.16. The predicted molar refractivity (Wildman–Crippen MR) is 111 cm³/mol. The molecule has 0 atom stereocenters. The van der Waals surface area contributed by atoms with Gasteiger partial charge in [-0.2, -0.15) is 0 Å². The zero-order valence-electron chi connectivity index (χ0n) is 15.9. The summed E-state index contributed by atoms with van der Waals surface area (Å²) in [7, 11) is 2.92. The first kappa shape index (κ1) is 18.4. The van der Waals surface area contributed by atoms with Crippen molar-refractivity contribution < 1.29 is 6.22 Å². The molecule has 1 N–H and O–H groups in total. The lowest BCUT2D eigenvalue weighted by Gasteiger charge is -2.08. The fourth-order valence-electron chi connectivity index (χ4n) is 3.12. The van der Waals surface area contributed by atoms with Gasteiger partial charge in [0.25, 0.3) is 5.56 Å². The molecule has 4 rings (SSSR count). The van der Waals surface area contributed by atoms with Gasteiger partial charge in [-0.1, -0.05) is 30.3 Å². The van der Waals surface area contributed by atoms with Gasteiger partial charge in [0.05, 0.1) is 6.33 Å². The van der Waals surface area contributed by atoms with Gasteiger partial charge in [0.15, 0.2) is 11.2 Å². The first-order valence-electron chi connectivity index (χ1n) is 8.88. The van der Waals surface area contributed by atoms with Crippen molar-refractivity contribution in [3.8, 4) is 11.1 Å². The molecule has 3 heterocycles. The van der Waals surface area contributed by atoms with E-state index in [9.17, 15) is 14.4 Å². The van der Waals surface area contributed by atoms with Gasteiger partial charge in [-0.15, -0.1) is 0 Å². The third-order valence-corrected chi connectivity index (χ3v) is 4.67. The molecule has 0 aliphatic carbocycles. The molecule has 9 heteroatoms. The Morgan fingerprint density at radius 3 is 2.45 bits per heavy atom. The number of amides is 1. The number of fused-ring (bicyclic) bond motifs is 1. The van der Waals surface area contributed by atoms with Crippen molar-refractivity contribution in [3.05, 3.63) is 75.8 Å². The topological polar surface area (TPSA) is 104 Å². The lowest BCUT2D eigenvalue weighted by Crippen LogP contribution is -2.37. The first-order valence-corrected chi connectivity index (χ1v) is 8.88. The van der Waals surface area contributed by atoms with Crippen molar-refractivity contribution in [2.24, 2.45) is 14.1 Å². The van der Waals surface area contributed by atoms with Gasteiger partial charge in [0, 0.05) is 27.3 Å². The number of benzene rings is 1. The fraction of sp³-hybridized carbons (Fsp3) is 0.150. The minimum atomic E-state index is -0.501. The Labute approximate surface area is 166 Å². The average molecular weight is 392 g/mol. The minimum Gasteiger partial charge on any atom is -0.315 e. The lowest BCUT2D eigenvalue weighted by atomic mass is 10.1. The van der Waals surface area contributed by atoms with Gasteiger partial charge < -0.3 is 9.88 Å². The summed E-state index contributed by atoms with van der Waals surface area (Å²) in [5.74, 6) is 0.0413. The Bertz CT molecular complexity index is 1320. The molecule has 148 valence electrons. The summed E-state index contributed by atoms with van der Waals surface area (Å²) in [5.41, 5.74) is 1.42. The van der Waals surface area contributed by atoms with Crippen LogP contribution >= 0.6 is 0 Å². The molecule has 0 spiro atoms. The average Bonchev–Trinajstić information content (AvgIpc) is 3.15. The Morgan fingerprint density at radius 2 is 1.76 bits per heavy atom. The number of imidazole rings is 1. The molecule has 0 saturated heterocycles. The van der Waals surface area contributed by atoms with E-state index in [4.69, 9.17) is 0 Å². The summed E-state index contributed by atoms with van der Waals surface area (Å²) >= 11 is 0. The van der Waals surface area contributed by atoms with E-state index in [1.165, 1.54) is 29.6 Å². The summed E-state index contributed by atoms with van der Waals surface area (Å²) in [6, 6.07) is 13.4. The van der Waals surface area contributed by atoms with Crippen LogP contribution in [0.15, 0.2) is 64.6 Å². The number of hydrogen-bond donors (Lipinski definition) is 1. The summed E-state index contributed by atoms with van der Waals surface area (Å²) in [4.78, 5) is 45.3. The highest BCUT2D eigenvalue weighted by atomic mass is 16.2. The van der Waals surface area contributed by atoms with Crippen LogP contribution in [0.3, 0.4) is 0 Å². The van der Waals surface area contributed by atoms with Gasteiger partial charge in [0.2, 0.25) is 5.91 Å². The molecule has 1 amide bonds. The zero-order chi connectivity index (χ0) is 20.5. The Morgan fingerprint density at radius 1 is 1.00 bits per heavy atom. The van der Waals surface area contributed by atoms with Gasteiger partial charge in [-0.25, -0.2) is 14.8 Å². The van der Waals surface area contributed by atoms with Gasteiger partial charge >= 0.3 is 5.69 Å². The van der Waals surface area contributed by atoms with E-state index in [1.54, 1.807) is 12.3 Å². The van der Waals surface area contributed by atoms with Crippen molar-refractivity contribution in [1.29, 1.82) is 0 Å². The monoisotopic (exact) mass is 392 g/mol. The Balaban J connectivity index is 0.00000256. The molecule has 0 unspecified atom stereocenters. The number of carbonyl (C=O) groups excluding carboxylic acids is 1. The highest BCUT2D eigenvalue weighted by molar-refractivity contribution is 5.90. The first-order chi connectivity index (χ1) is 14.0. The van der Waals surface area contributed by atoms with E-state index < -0.39 is 11.2 Å². The van der Waals surface area contributed by atoms with Crippen LogP contribution in [-0.2, 0) is 25.4 Å². The number of nitrogens with one attached hydrogen (secondary N) is 1.